The van der Waals surface area contributed by atoms with Gasteiger partial charge in [-0.15, -0.1) is 0 Å². The first kappa shape index (κ1) is 19.4. The standard InChI is InChI=1S/C20H31N3O2/c1-6-14(4)16-7-9-17(10-8-16)18(13(2)3)22-15(5)19(24)23-12-11-21-20(23)25/h7-10,13-15,18,22H,6,11-12H2,1-5H3,(H,21,25)/t14-,15-,18+/m0/s1. The number of urea groups is 1. The molecule has 138 valence electrons. The van der Waals surface area contributed by atoms with Crippen LogP contribution in [0.3, 0.4) is 0 Å². The Hall–Kier alpha value is -1.88. The minimum Gasteiger partial charge on any atom is -0.336 e. The highest BCUT2D eigenvalue weighted by molar-refractivity contribution is 5.98. The summed E-state index contributed by atoms with van der Waals surface area (Å²) in [6.45, 7) is 11.5. The van der Waals surface area contributed by atoms with E-state index < -0.39 is 6.04 Å². The average Bonchev–Trinajstić information content (AvgIpc) is 3.03. The molecule has 25 heavy (non-hydrogen) atoms. The molecule has 3 atom stereocenters. The highest BCUT2D eigenvalue weighted by atomic mass is 16.2. The van der Waals surface area contributed by atoms with Gasteiger partial charge >= 0.3 is 6.03 Å². The number of carbonyl (C=O) groups excluding carboxylic acids is 2. The monoisotopic (exact) mass is 345 g/mol. The molecule has 3 amide bonds. The van der Waals surface area contributed by atoms with Gasteiger partial charge in [-0.3, -0.25) is 15.0 Å². The van der Waals surface area contributed by atoms with Gasteiger partial charge in [0.05, 0.1) is 6.04 Å². The molecule has 1 saturated heterocycles. The van der Waals surface area contributed by atoms with Crippen molar-refractivity contribution < 1.29 is 9.59 Å². The molecular weight excluding hydrogens is 314 g/mol. The summed E-state index contributed by atoms with van der Waals surface area (Å²) in [7, 11) is 0. The van der Waals surface area contributed by atoms with Crippen molar-refractivity contribution in [2.45, 2.75) is 59.0 Å². The Balaban J connectivity index is 2.10. The number of nitrogens with one attached hydrogen (secondary N) is 2. The maximum absolute atomic E-state index is 12.5. The fraction of sp³-hybridized carbons (Fsp3) is 0.600. The number of carbonyl (C=O) groups is 2. The molecule has 1 aliphatic heterocycles. The maximum Gasteiger partial charge on any atom is 0.324 e. The molecule has 0 aromatic heterocycles. The van der Waals surface area contributed by atoms with E-state index in [1.54, 1.807) is 0 Å². The summed E-state index contributed by atoms with van der Waals surface area (Å²) in [4.78, 5) is 25.5. The van der Waals surface area contributed by atoms with Crippen LogP contribution < -0.4 is 10.6 Å². The second-order valence-corrected chi connectivity index (χ2v) is 7.31. The van der Waals surface area contributed by atoms with Crippen LogP contribution in [0.5, 0.6) is 0 Å². The van der Waals surface area contributed by atoms with Gasteiger partial charge in [-0.05, 0) is 36.3 Å². The van der Waals surface area contributed by atoms with E-state index in [1.807, 2.05) is 6.92 Å². The highest BCUT2D eigenvalue weighted by Crippen LogP contribution is 2.26. The molecule has 1 heterocycles. The first-order valence-electron chi connectivity index (χ1n) is 9.30. The lowest BCUT2D eigenvalue weighted by molar-refractivity contribution is -0.129. The molecule has 1 aromatic carbocycles. The van der Waals surface area contributed by atoms with Crippen molar-refractivity contribution in [2.75, 3.05) is 13.1 Å². The molecule has 0 unspecified atom stereocenters. The van der Waals surface area contributed by atoms with E-state index in [0.29, 0.717) is 24.9 Å². The van der Waals surface area contributed by atoms with Crippen molar-refractivity contribution in [2.24, 2.45) is 5.92 Å². The van der Waals surface area contributed by atoms with Gasteiger partial charge in [0.1, 0.15) is 0 Å². The number of amides is 3. The summed E-state index contributed by atoms with van der Waals surface area (Å²) in [6, 6.07) is 8.03. The Labute approximate surface area is 151 Å². The van der Waals surface area contributed by atoms with Crippen molar-refractivity contribution >= 4 is 11.9 Å². The van der Waals surface area contributed by atoms with E-state index in [0.717, 1.165) is 6.42 Å². The van der Waals surface area contributed by atoms with Crippen molar-refractivity contribution in [3.05, 3.63) is 35.4 Å². The third kappa shape index (κ3) is 4.60. The summed E-state index contributed by atoms with van der Waals surface area (Å²) in [5, 5.41) is 6.10. The van der Waals surface area contributed by atoms with Crippen molar-refractivity contribution in [3.8, 4) is 0 Å². The summed E-state index contributed by atoms with van der Waals surface area (Å²) >= 11 is 0. The Morgan fingerprint density at radius 1 is 1.16 bits per heavy atom. The van der Waals surface area contributed by atoms with Crippen LogP contribution in [0, 0.1) is 5.92 Å². The predicted octanol–water partition coefficient (Wildman–Crippen LogP) is 3.43. The minimum absolute atomic E-state index is 0.0654. The molecule has 1 aliphatic rings. The van der Waals surface area contributed by atoms with Crippen LogP contribution in [-0.4, -0.2) is 36.0 Å². The van der Waals surface area contributed by atoms with Crippen LogP contribution >= 0.6 is 0 Å². The zero-order valence-corrected chi connectivity index (χ0v) is 16.0. The lowest BCUT2D eigenvalue weighted by atomic mass is 9.91. The third-order valence-corrected chi connectivity index (χ3v) is 5.07. The molecule has 0 aliphatic carbocycles. The van der Waals surface area contributed by atoms with Gasteiger partial charge < -0.3 is 5.32 Å². The largest absolute Gasteiger partial charge is 0.336 e. The SMILES string of the molecule is CC[C@H](C)c1ccc([C@H](N[C@@H](C)C(=O)N2CCNC2=O)C(C)C)cc1. The van der Waals surface area contributed by atoms with Gasteiger partial charge in [-0.1, -0.05) is 52.0 Å². The van der Waals surface area contributed by atoms with E-state index in [4.69, 9.17) is 0 Å². The molecule has 5 heteroatoms. The number of hydrogen-bond donors (Lipinski definition) is 2. The van der Waals surface area contributed by atoms with Gasteiger partial charge in [0.2, 0.25) is 5.91 Å². The smallest absolute Gasteiger partial charge is 0.324 e. The molecule has 0 spiro atoms. The van der Waals surface area contributed by atoms with E-state index >= 15 is 0 Å². The Morgan fingerprint density at radius 2 is 1.76 bits per heavy atom. The third-order valence-electron chi connectivity index (χ3n) is 5.07. The van der Waals surface area contributed by atoms with Gasteiger partial charge in [-0.2, -0.15) is 0 Å². The zero-order chi connectivity index (χ0) is 18.6. The molecule has 0 bridgehead atoms. The van der Waals surface area contributed by atoms with Crippen LogP contribution in [0.4, 0.5) is 4.79 Å². The Morgan fingerprint density at radius 3 is 2.24 bits per heavy atom. The second-order valence-electron chi connectivity index (χ2n) is 7.31. The van der Waals surface area contributed by atoms with Crippen LogP contribution in [-0.2, 0) is 4.79 Å². The second kappa shape index (κ2) is 8.48. The molecule has 0 radical (unpaired) electrons. The quantitative estimate of drug-likeness (QED) is 0.796. The highest BCUT2D eigenvalue weighted by Gasteiger charge is 2.31. The molecule has 1 aromatic rings. The van der Waals surface area contributed by atoms with Gasteiger partial charge in [0.15, 0.2) is 0 Å². The summed E-state index contributed by atoms with van der Waals surface area (Å²) in [5.74, 6) is 0.711. The first-order chi connectivity index (χ1) is 11.8. The van der Waals surface area contributed by atoms with Crippen molar-refractivity contribution in [1.82, 2.24) is 15.5 Å². The summed E-state index contributed by atoms with van der Waals surface area (Å²) < 4.78 is 0. The van der Waals surface area contributed by atoms with Gasteiger partial charge in [0.25, 0.3) is 0 Å². The van der Waals surface area contributed by atoms with Crippen LogP contribution in [0.25, 0.3) is 0 Å². The fourth-order valence-electron chi connectivity index (χ4n) is 3.20. The van der Waals surface area contributed by atoms with Gasteiger partial charge in [-0.25, -0.2) is 4.79 Å². The molecule has 0 saturated carbocycles. The lowest BCUT2D eigenvalue weighted by Gasteiger charge is -2.28. The zero-order valence-electron chi connectivity index (χ0n) is 16.0. The van der Waals surface area contributed by atoms with Crippen LogP contribution in [0.2, 0.25) is 0 Å². The number of rotatable bonds is 7. The van der Waals surface area contributed by atoms with Crippen molar-refractivity contribution in [1.29, 1.82) is 0 Å². The maximum atomic E-state index is 12.5. The number of imide groups is 1. The lowest BCUT2D eigenvalue weighted by Crippen LogP contribution is -2.47. The molecule has 2 rings (SSSR count). The normalized spacial score (nSPS) is 18.2. The molecule has 1 fully saturated rings. The number of benzene rings is 1. The van der Waals surface area contributed by atoms with Crippen LogP contribution in [0.1, 0.15) is 64.1 Å². The number of nitrogens with zero attached hydrogens (tertiary/aromatic N) is 1. The van der Waals surface area contributed by atoms with E-state index in [2.05, 4.69) is 62.6 Å². The fourth-order valence-corrected chi connectivity index (χ4v) is 3.20. The van der Waals surface area contributed by atoms with Gasteiger partial charge in [0, 0.05) is 19.1 Å². The Bertz CT molecular complexity index is 597. The number of hydrogen-bond acceptors (Lipinski definition) is 3. The van der Waals surface area contributed by atoms with Crippen molar-refractivity contribution in [3.63, 3.8) is 0 Å². The molecule has 5 nitrogen and oxygen atoms in total. The molecular formula is C20H31N3O2. The van der Waals surface area contributed by atoms with E-state index in [1.165, 1.54) is 16.0 Å². The van der Waals surface area contributed by atoms with E-state index in [9.17, 15) is 9.59 Å². The molecule has 2 N–H and O–H groups in total. The Kier molecular flexibility index (Phi) is 6.59. The summed E-state index contributed by atoms with van der Waals surface area (Å²) in [6.07, 6.45) is 1.12. The average molecular weight is 345 g/mol. The van der Waals surface area contributed by atoms with E-state index in [-0.39, 0.29) is 18.0 Å². The minimum atomic E-state index is -0.412. The summed E-state index contributed by atoms with van der Waals surface area (Å²) in [5.41, 5.74) is 2.51. The van der Waals surface area contributed by atoms with Crippen LogP contribution in [0.15, 0.2) is 24.3 Å². The predicted molar refractivity (Wildman–Crippen MR) is 100 cm³/mol. The topological polar surface area (TPSA) is 61.4 Å². The first-order valence-corrected chi connectivity index (χ1v) is 9.30.